The van der Waals surface area contributed by atoms with Gasteiger partial charge in [-0.25, -0.2) is 8.42 Å². The maximum atomic E-state index is 13.5. The second-order valence-corrected chi connectivity index (χ2v) is 10.6. The number of phenolic OH excluding ortho intramolecular Hbond substituents is 1. The van der Waals surface area contributed by atoms with Gasteiger partial charge in [0, 0.05) is 25.8 Å². The van der Waals surface area contributed by atoms with E-state index in [1.807, 2.05) is 45.9 Å². The molecule has 1 saturated heterocycles. The maximum Gasteiger partial charge on any atom is 0.264 e. The highest BCUT2D eigenvalue weighted by Crippen LogP contribution is 2.34. The predicted octanol–water partition coefficient (Wildman–Crippen LogP) is 4.67. The number of sulfonamides is 1. The Labute approximate surface area is 185 Å². The number of benzene rings is 2. The first-order valence-corrected chi connectivity index (χ1v) is 12.3. The van der Waals surface area contributed by atoms with Gasteiger partial charge in [0.05, 0.1) is 17.2 Å². The van der Waals surface area contributed by atoms with Gasteiger partial charge >= 0.3 is 0 Å². The third-order valence-electron chi connectivity index (χ3n) is 5.49. The van der Waals surface area contributed by atoms with Gasteiger partial charge in [-0.3, -0.25) is 4.31 Å². The molecule has 7 heteroatoms. The molecule has 0 amide bonds. The summed E-state index contributed by atoms with van der Waals surface area (Å²) < 4.78 is 39.6. The van der Waals surface area contributed by atoms with E-state index in [0.29, 0.717) is 30.5 Å². The van der Waals surface area contributed by atoms with Crippen LogP contribution in [0.3, 0.4) is 0 Å². The summed E-state index contributed by atoms with van der Waals surface area (Å²) in [6, 6.07) is 10.1. The first-order chi connectivity index (χ1) is 14.7. The molecule has 1 aliphatic rings. The van der Waals surface area contributed by atoms with Crippen LogP contribution < -0.4 is 9.04 Å². The van der Waals surface area contributed by atoms with Gasteiger partial charge in [0.2, 0.25) is 0 Å². The van der Waals surface area contributed by atoms with Gasteiger partial charge in [0.15, 0.2) is 11.5 Å². The van der Waals surface area contributed by atoms with Crippen molar-refractivity contribution in [3.05, 3.63) is 47.5 Å². The molecule has 0 saturated carbocycles. The number of anilines is 1. The second-order valence-electron chi connectivity index (χ2n) is 8.72. The van der Waals surface area contributed by atoms with E-state index in [1.54, 1.807) is 0 Å². The number of rotatable bonds is 8. The Morgan fingerprint density at radius 2 is 1.84 bits per heavy atom. The van der Waals surface area contributed by atoms with E-state index in [9.17, 15) is 13.5 Å². The Balaban J connectivity index is 1.86. The fourth-order valence-corrected chi connectivity index (χ4v) is 5.48. The molecule has 0 spiro atoms. The minimum Gasteiger partial charge on any atom is -0.504 e. The summed E-state index contributed by atoms with van der Waals surface area (Å²) in [6.07, 6.45) is 1.85. The van der Waals surface area contributed by atoms with Crippen LogP contribution in [0, 0.1) is 25.7 Å². The van der Waals surface area contributed by atoms with E-state index < -0.39 is 10.0 Å². The van der Waals surface area contributed by atoms with Crippen LogP contribution in [0.4, 0.5) is 5.69 Å². The number of hydrogen-bond donors (Lipinski definition) is 1. The van der Waals surface area contributed by atoms with Crippen molar-refractivity contribution in [3.63, 3.8) is 0 Å². The summed E-state index contributed by atoms with van der Waals surface area (Å²) in [5.74, 6) is 0.638. The molecule has 0 atom stereocenters. The van der Waals surface area contributed by atoms with Gasteiger partial charge < -0.3 is 14.6 Å². The van der Waals surface area contributed by atoms with Crippen LogP contribution >= 0.6 is 0 Å². The normalized spacial score (nSPS) is 15.3. The van der Waals surface area contributed by atoms with Crippen molar-refractivity contribution < 1.29 is 23.0 Å². The van der Waals surface area contributed by atoms with Crippen LogP contribution in [-0.4, -0.2) is 39.9 Å². The summed E-state index contributed by atoms with van der Waals surface area (Å²) in [5.41, 5.74) is 2.62. The number of phenols is 1. The molecule has 0 aromatic heterocycles. The van der Waals surface area contributed by atoms with E-state index in [4.69, 9.17) is 9.47 Å². The largest absolute Gasteiger partial charge is 0.504 e. The average molecular weight is 448 g/mol. The predicted molar refractivity (Wildman–Crippen MR) is 122 cm³/mol. The van der Waals surface area contributed by atoms with Gasteiger partial charge in [-0.2, -0.15) is 0 Å². The lowest BCUT2D eigenvalue weighted by Gasteiger charge is -2.28. The first-order valence-electron chi connectivity index (χ1n) is 10.8. The molecule has 0 unspecified atom stereocenters. The molecule has 3 rings (SSSR count). The van der Waals surface area contributed by atoms with Crippen LogP contribution in [0.5, 0.6) is 11.5 Å². The molecule has 2 aromatic rings. The van der Waals surface area contributed by atoms with Crippen LogP contribution in [0.1, 0.15) is 37.8 Å². The van der Waals surface area contributed by atoms with Gasteiger partial charge in [-0.05, 0) is 62.3 Å². The third kappa shape index (κ3) is 5.71. The molecule has 1 heterocycles. The van der Waals surface area contributed by atoms with Crippen molar-refractivity contribution in [2.24, 2.45) is 11.8 Å². The number of ether oxygens (including phenoxy) is 2. The zero-order valence-electron chi connectivity index (χ0n) is 18.8. The molecule has 0 radical (unpaired) electrons. The van der Waals surface area contributed by atoms with Crippen LogP contribution in [-0.2, 0) is 14.8 Å². The van der Waals surface area contributed by atoms with E-state index in [-0.39, 0.29) is 16.6 Å². The minimum absolute atomic E-state index is 0.0454. The number of aryl methyl sites for hydroxylation is 2. The Bertz CT molecular complexity index is 997. The zero-order valence-corrected chi connectivity index (χ0v) is 19.6. The Morgan fingerprint density at radius 1 is 1.13 bits per heavy atom. The molecule has 6 nitrogen and oxygen atoms in total. The highest BCUT2D eigenvalue weighted by molar-refractivity contribution is 7.92. The summed E-state index contributed by atoms with van der Waals surface area (Å²) in [4.78, 5) is 0.0454. The maximum absolute atomic E-state index is 13.5. The third-order valence-corrected chi connectivity index (χ3v) is 7.26. The van der Waals surface area contributed by atoms with Crippen molar-refractivity contribution in [1.29, 1.82) is 0 Å². The summed E-state index contributed by atoms with van der Waals surface area (Å²) in [5, 5.41) is 10.5. The van der Waals surface area contributed by atoms with E-state index in [0.717, 1.165) is 37.2 Å². The van der Waals surface area contributed by atoms with Crippen LogP contribution in [0.25, 0.3) is 0 Å². The number of hydrogen-bond acceptors (Lipinski definition) is 5. The fourth-order valence-electron chi connectivity index (χ4n) is 3.77. The number of nitrogens with zero attached hydrogens (tertiary/aromatic N) is 1. The van der Waals surface area contributed by atoms with Crippen molar-refractivity contribution in [2.45, 2.75) is 45.4 Å². The quantitative estimate of drug-likeness (QED) is 0.637. The van der Waals surface area contributed by atoms with Crippen LogP contribution in [0.2, 0.25) is 0 Å². The molecule has 0 bridgehead atoms. The second kappa shape index (κ2) is 9.92. The lowest BCUT2D eigenvalue weighted by Crippen LogP contribution is -2.34. The van der Waals surface area contributed by atoms with Crippen molar-refractivity contribution in [3.8, 4) is 11.5 Å². The molecule has 31 heavy (non-hydrogen) atoms. The SMILES string of the molecule is Cc1ccc(N(CC(C)C)S(=O)(=O)c2ccc(OCC3CCOCC3)c(O)c2)c(C)c1. The first kappa shape index (κ1) is 23.4. The van der Waals surface area contributed by atoms with E-state index in [2.05, 4.69) is 0 Å². The molecule has 1 fully saturated rings. The van der Waals surface area contributed by atoms with Gasteiger partial charge in [-0.15, -0.1) is 0 Å². The standard InChI is InChI=1S/C24H33NO5S/c1-17(2)15-25(22-7-5-18(3)13-19(22)4)31(27,28)21-6-8-24(23(26)14-21)30-16-20-9-11-29-12-10-20/h5-8,13-14,17,20,26H,9-12,15-16H2,1-4H3. The average Bonchev–Trinajstić information content (AvgIpc) is 2.72. The van der Waals surface area contributed by atoms with Gasteiger partial charge in [-0.1, -0.05) is 31.5 Å². The van der Waals surface area contributed by atoms with Crippen molar-refractivity contribution in [1.82, 2.24) is 0 Å². The van der Waals surface area contributed by atoms with E-state index in [1.165, 1.54) is 22.5 Å². The van der Waals surface area contributed by atoms with Crippen LogP contribution in [0.15, 0.2) is 41.3 Å². The fraction of sp³-hybridized carbons (Fsp3) is 0.500. The van der Waals surface area contributed by atoms with Gasteiger partial charge in [0.1, 0.15) is 0 Å². The molecular formula is C24H33NO5S. The highest BCUT2D eigenvalue weighted by Gasteiger charge is 2.28. The Morgan fingerprint density at radius 3 is 2.45 bits per heavy atom. The van der Waals surface area contributed by atoms with E-state index >= 15 is 0 Å². The zero-order chi connectivity index (χ0) is 22.6. The highest BCUT2D eigenvalue weighted by atomic mass is 32.2. The lowest BCUT2D eigenvalue weighted by atomic mass is 10.0. The molecule has 0 aliphatic carbocycles. The van der Waals surface area contributed by atoms with Gasteiger partial charge in [0.25, 0.3) is 10.0 Å². The molecule has 1 aliphatic heterocycles. The Hall–Kier alpha value is -2.25. The van der Waals surface area contributed by atoms with Crippen molar-refractivity contribution >= 4 is 15.7 Å². The minimum atomic E-state index is -3.86. The molecule has 1 N–H and O–H groups in total. The molecule has 2 aromatic carbocycles. The molecule has 170 valence electrons. The Kier molecular flexibility index (Phi) is 7.49. The van der Waals surface area contributed by atoms with Crippen molar-refractivity contribution in [2.75, 3.05) is 30.7 Å². The summed E-state index contributed by atoms with van der Waals surface area (Å²) in [6.45, 7) is 10.1. The number of aromatic hydroxyl groups is 1. The monoisotopic (exact) mass is 447 g/mol. The summed E-state index contributed by atoms with van der Waals surface area (Å²) in [7, 11) is -3.86. The lowest BCUT2D eigenvalue weighted by molar-refractivity contribution is 0.0493. The topological polar surface area (TPSA) is 76.1 Å². The summed E-state index contributed by atoms with van der Waals surface area (Å²) >= 11 is 0. The molecular weight excluding hydrogens is 414 g/mol. The smallest absolute Gasteiger partial charge is 0.264 e.